The number of rotatable bonds is 8. The molecule has 0 radical (unpaired) electrons. The van der Waals surface area contributed by atoms with E-state index in [-0.39, 0.29) is 18.1 Å². The van der Waals surface area contributed by atoms with Crippen LogP contribution in [0.3, 0.4) is 0 Å². The number of nitrogens with one attached hydrogen (secondary N) is 1. The molecule has 4 nitrogen and oxygen atoms in total. The van der Waals surface area contributed by atoms with Crippen molar-refractivity contribution < 1.29 is 9.53 Å². The standard InChI is InChI=1S/C22H26N2O2S/c1-16-8-10-19(11-9-16)22-24-20(17(2)26-22)14-27-15-21(25)23-13-12-18-6-4-3-5-7-18/h3-11,17,20H,12-15H2,1-2H3,(H,23,25). The molecule has 142 valence electrons. The van der Waals surface area contributed by atoms with Crippen molar-refractivity contribution in [3.8, 4) is 0 Å². The first-order valence-electron chi connectivity index (χ1n) is 9.31. The number of ether oxygens (including phenoxy) is 1. The average molecular weight is 383 g/mol. The van der Waals surface area contributed by atoms with Crippen LogP contribution in [-0.2, 0) is 16.0 Å². The van der Waals surface area contributed by atoms with E-state index in [1.54, 1.807) is 11.8 Å². The second kappa shape index (κ2) is 9.60. The molecular formula is C22H26N2O2S. The molecule has 1 amide bonds. The lowest BCUT2D eigenvalue weighted by Crippen LogP contribution is -2.28. The second-order valence-corrected chi connectivity index (χ2v) is 7.82. The zero-order chi connectivity index (χ0) is 19.1. The number of nitrogens with zero attached hydrogens (tertiary/aromatic N) is 1. The molecule has 27 heavy (non-hydrogen) atoms. The monoisotopic (exact) mass is 382 g/mol. The zero-order valence-electron chi connectivity index (χ0n) is 15.9. The van der Waals surface area contributed by atoms with Crippen molar-refractivity contribution in [1.82, 2.24) is 5.32 Å². The summed E-state index contributed by atoms with van der Waals surface area (Å²) in [5.41, 5.74) is 3.47. The van der Waals surface area contributed by atoms with Gasteiger partial charge in [-0.2, -0.15) is 0 Å². The van der Waals surface area contributed by atoms with Gasteiger partial charge < -0.3 is 10.1 Å². The van der Waals surface area contributed by atoms with Crippen LogP contribution in [0.2, 0.25) is 0 Å². The SMILES string of the molecule is Cc1ccc(C2=NC(CSCC(=O)NCCc3ccccc3)C(C)O2)cc1. The number of aryl methyl sites for hydroxylation is 1. The number of thioether (sulfide) groups is 1. The van der Waals surface area contributed by atoms with E-state index in [1.807, 2.05) is 37.3 Å². The van der Waals surface area contributed by atoms with Crippen LogP contribution in [0.25, 0.3) is 0 Å². The van der Waals surface area contributed by atoms with Gasteiger partial charge in [0.05, 0.1) is 11.8 Å². The number of hydrogen-bond donors (Lipinski definition) is 1. The first-order chi connectivity index (χ1) is 13.1. The molecule has 5 heteroatoms. The van der Waals surface area contributed by atoms with Crippen LogP contribution in [0.1, 0.15) is 23.6 Å². The smallest absolute Gasteiger partial charge is 0.230 e. The van der Waals surface area contributed by atoms with E-state index in [4.69, 9.17) is 9.73 Å². The maximum atomic E-state index is 12.0. The summed E-state index contributed by atoms with van der Waals surface area (Å²) in [5, 5.41) is 2.98. The van der Waals surface area contributed by atoms with Crippen molar-refractivity contribution in [3.05, 3.63) is 71.3 Å². The minimum atomic E-state index is 0.0370. The summed E-state index contributed by atoms with van der Waals surface area (Å²) in [5.74, 6) is 2.02. The van der Waals surface area contributed by atoms with Gasteiger partial charge in [0.25, 0.3) is 0 Å². The fraction of sp³-hybridized carbons (Fsp3) is 0.364. The maximum absolute atomic E-state index is 12.0. The number of carbonyl (C=O) groups excluding carboxylic acids is 1. The predicted octanol–water partition coefficient (Wildman–Crippen LogP) is 3.62. The summed E-state index contributed by atoms with van der Waals surface area (Å²) in [6.45, 7) is 4.77. The Morgan fingerprint density at radius 3 is 2.63 bits per heavy atom. The van der Waals surface area contributed by atoms with E-state index in [1.165, 1.54) is 11.1 Å². The van der Waals surface area contributed by atoms with Gasteiger partial charge in [0.1, 0.15) is 6.10 Å². The van der Waals surface area contributed by atoms with Gasteiger partial charge in [-0.3, -0.25) is 4.79 Å². The van der Waals surface area contributed by atoms with Crippen molar-refractivity contribution in [2.24, 2.45) is 4.99 Å². The fourth-order valence-corrected chi connectivity index (χ4v) is 3.86. The first-order valence-corrected chi connectivity index (χ1v) is 10.5. The molecule has 0 spiro atoms. The quantitative estimate of drug-likeness (QED) is 0.759. The van der Waals surface area contributed by atoms with E-state index in [0.29, 0.717) is 18.2 Å². The second-order valence-electron chi connectivity index (χ2n) is 6.79. The molecule has 1 heterocycles. The van der Waals surface area contributed by atoms with E-state index in [0.717, 1.165) is 17.7 Å². The number of aliphatic imine (C=N–C) groups is 1. The average Bonchev–Trinajstić information content (AvgIpc) is 3.04. The third-order valence-electron chi connectivity index (χ3n) is 4.52. The fourth-order valence-electron chi connectivity index (χ4n) is 2.87. The molecule has 0 aliphatic carbocycles. The Labute approximate surface area is 165 Å². The molecule has 2 atom stereocenters. The summed E-state index contributed by atoms with van der Waals surface area (Å²) in [6, 6.07) is 18.5. The Balaban J connectivity index is 1.39. The highest BCUT2D eigenvalue weighted by molar-refractivity contribution is 8.00. The molecule has 1 aliphatic rings. The summed E-state index contributed by atoms with van der Waals surface area (Å²) in [6.07, 6.45) is 0.893. The zero-order valence-corrected chi connectivity index (χ0v) is 16.7. The van der Waals surface area contributed by atoms with Crippen molar-refractivity contribution in [3.63, 3.8) is 0 Å². The van der Waals surface area contributed by atoms with Crippen molar-refractivity contribution >= 4 is 23.6 Å². The Bertz CT molecular complexity index is 775. The lowest BCUT2D eigenvalue weighted by atomic mass is 10.1. The molecular weight excluding hydrogens is 356 g/mol. The predicted molar refractivity (Wildman–Crippen MR) is 113 cm³/mol. The number of carbonyl (C=O) groups is 1. The highest BCUT2D eigenvalue weighted by atomic mass is 32.2. The molecule has 2 aromatic rings. The Morgan fingerprint density at radius 1 is 1.15 bits per heavy atom. The van der Waals surface area contributed by atoms with Crippen LogP contribution in [0.15, 0.2) is 59.6 Å². The lowest BCUT2D eigenvalue weighted by Gasteiger charge is -2.12. The normalized spacial score (nSPS) is 18.7. The van der Waals surface area contributed by atoms with Crippen molar-refractivity contribution in [2.75, 3.05) is 18.1 Å². The van der Waals surface area contributed by atoms with Gasteiger partial charge in [0.2, 0.25) is 11.8 Å². The minimum absolute atomic E-state index is 0.0370. The van der Waals surface area contributed by atoms with Gasteiger partial charge in [-0.05, 0) is 38.0 Å². The van der Waals surface area contributed by atoms with Gasteiger partial charge in [-0.15, -0.1) is 11.8 Å². The minimum Gasteiger partial charge on any atom is -0.472 e. The topological polar surface area (TPSA) is 50.7 Å². The third kappa shape index (κ3) is 5.86. The number of hydrogen-bond acceptors (Lipinski definition) is 4. The van der Waals surface area contributed by atoms with Crippen molar-refractivity contribution in [2.45, 2.75) is 32.4 Å². The lowest BCUT2D eigenvalue weighted by molar-refractivity contribution is -0.118. The van der Waals surface area contributed by atoms with E-state index in [2.05, 4.69) is 36.5 Å². The van der Waals surface area contributed by atoms with Crippen LogP contribution in [0.4, 0.5) is 0 Å². The van der Waals surface area contributed by atoms with Gasteiger partial charge >= 0.3 is 0 Å². The Hall–Kier alpha value is -2.27. The van der Waals surface area contributed by atoms with E-state index >= 15 is 0 Å². The van der Waals surface area contributed by atoms with Crippen LogP contribution < -0.4 is 5.32 Å². The molecule has 2 aromatic carbocycles. The van der Waals surface area contributed by atoms with Crippen LogP contribution in [-0.4, -0.2) is 42.0 Å². The summed E-state index contributed by atoms with van der Waals surface area (Å²) >= 11 is 1.61. The third-order valence-corrected chi connectivity index (χ3v) is 5.56. The van der Waals surface area contributed by atoms with Crippen LogP contribution in [0.5, 0.6) is 0 Å². The highest BCUT2D eigenvalue weighted by Gasteiger charge is 2.27. The number of amides is 1. The summed E-state index contributed by atoms with van der Waals surface area (Å²) in [7, 11) is 0. The Morgan fingerprint density at radius 2 is 1.89 bits per heavy atom. The molecule has 0 saturated carbocycles. The molecule has 0 bridgehead atoms. The van der Waals surface area contributed by atoms with Crippen LogP contribution >= 0.6 is 11.8 Å². The van der Waals surface area contributed by atoms with Gasteiger partial charge in [0, 0.05) is 17.9 Å². The molecule has 0 aromatic heterocycles. The summed E-state index contributed by atoms with van der Waals surface area (Å²) in [4.78, 5) is 16.7. The Kier molecular flexibility index (Phi) is 6.93. The first kappa shape index (κ1) is 19.5. The molecule has 1 N–H and O–H groups in total. The van der Waals surface area contributed by atoms with Gasteiger partial charge in [-0.1, -0.05) is 48.0 Å². The highest BCUT2D eigenvalue weighted by Crippen LogP contribution is 2.21. The van der Waals surface area contributed by atoms with Gasteiger partial charge in [-0.25, -0.2) is 4.99 Å². The maximum Gasteiger partial charge on any atom is 0.230 e. The molecule has 0 fully saturated rings. The van der Waals surface area contributed by atoms with E-state index < -0.39 is 0 Å². The molecule has 1 aliphatic heterocycles. The molecule has 3 rings (SSSR count). The molecule has 2 unspecified atom stereocenters. The largest absolute Gasteiger partial charge is 0.472 e. The number of benzene rings is 2. The van der Waals surface area contributed by atoms with Crippen LogP contribution in [0, 0.1) is 6.92 Å². The summed E-state index contributed by atoms with van der Waals surface area (Å²) < 4.78 is 5.91. The van der Waals surface area contributed by atoms with E-state index in [9.17, 15) is 4.79 Å². The van der Waals surface area contributed by atoms with Crippen molar-refractivity contribution in [1.29, 1.82) is 0 Å². The molecule has 0 saturated heterocycles. The van der Waals surface area contributed by atoms with Gasteiger partial charge in [0.15, 0.2) is 0 Å².